The van der Waals surface area contributed by atoms with Crippen molar-refractivity contribution in [3.05, 3.63) is 28.8 Å². The van der Waals surface area contributed by atoms with Crippen LogP contribution in [0.4, 0.5) is 5.69 Å². The lowest BCUT2D eigenvalue weighted by molar-refractivity contribution is 0.0739. The Balaban J connectivity index is 1.76. The monoisotopic (exact) mass is 278 g/mol. The van der Waals surface area contributed by atoms with Crippen molar-refractivity contribution in [3.8, 4) is 0 Å². The Kier molecular flexibility index (Phi) is 3.40. The average molecular weight is 279 g/mol. The number of carbonyl (C=O) groups excluding carboxylic acids is 1. The number of amides is 1. The molecule has 0 saturated heterocycles. The van der Waals surface area contributed by atoms with E-state index >= 15 is 0 Å². The van der Waals surface area contributed by atoms with Crippen LogP contribution < -0.4 is 5.73 Å². The van der Waals surface area contributed by atoms with Gasteiger partial charge in [0, 0.05) is 29.4 Å². The summed E-state index contributed by atoms with van der Waals surface area (Å²) in [5.41, 5.74) is 6.94. The molecule has 1 amide bonds. The molecular formula is C15H19ClN2O. The van der Waals surface area contributed by atoms with Crippen molar-refractivity contribution in [1.82, 2.24) is 4.90 Å². The third-order valence-corrected chi connectivity index (χ3v) is 4.02. The summed E-state index contributed by atoms with van der Waals surface area (Å²) in [4.78, 5) is 14.6. The SMILES string of the molecule is Nc1cc(Cl)cc(C(=O)N(CC2CC2)CC2CC2)c1. The molecule has 2 fully saturated rings. The number of benzene rings is 1. The number of carbonyl (C=O) groups is 1. The van der Waals surface area contributed by atoms with Gasteiger partial charge in [0.1, 0.15) is 0 Å². The predicted octanol–water partition coefficient (Wildman–Crippen LogP) is 3.18. The summed E-state index contributed by atoms with van der Waals surface area (Å²) in [6, 6.07) is 5.11. The van der Waals surface area contributed by atoms with Gasteiger partial charge in [0.05, 0.1) is 0 Å². The number of rotatable bonds is 5. The Morgan fingerprint density at radius 3 is 2.21 bits per heavy atom. The molecule has 0 heterocycles. The zero-order valence-corrected chi connectivity index (χ0v) is 11.7. The van der Waals surface area contributed by atoms with Gasteiger partial charge in [-0.3, -0.25) is 4.79 Å². The molecule has 2 saturated carbocycles. The molecule has 3 rings (SSSR count). The van der Waals surface area contributed by atoms with E-state index in [0.29, 0.717) is 28.1 Å². The second-order valence-corrected chi connectivity index (χ2v) is 6.31. The summed E-state index contributed by atoms with van der Waals surface area (Å²) in [5, 5.41) is 0.529. The zero-order chi connectivity index (χ0) is 13.4. The molecule has 0 spiro atoms. The van der Waals surface area contributed by atoms with Crippen molar-refractivity contribution < 1.29 is 4.79 Å². The first-order chi connectivity index (χ1) is 9.11. The molecule has 0 unspecified atom stereocenters. The molecule has 0 aromatic heterocycles. The van der Waals surface area contributed by atoms with Gasteiger partial charge >= 0.3 is 0 Å². The minimum atomic E-state index is 0.0769. The van der Waals surface area contributed by atoms with Crippen molar-refractivity contribution in [1.29, 1.82) is 0 Å². The van der Waals surface area contributed by atoms with Crippen LogP contribution in [0.5, 0.6) is 0 Å². The summed E-state index contributed by atoms with van der Waals surface area (Å²) in [6.07, 6.45) is 5.02. The summed E-state index contributed by atoms with van der Waals surface area (Å²) in [7, 11) is 0. The molecular weight excluding hydrogens is 260 g/mol. The first-order valence-electron chi connectivity index (χ1n) is 6.97. The maximum Gasteiger partial charge on any atom is 0.253 e. The van der Waals surface area contributed by atoms with Gasteiger partial charge in [0.15, 0.2) is 0 Å². The zero-order valence-electron chi connectivity index (χ0n) is 10.9. The first kappa shape index (κ1) is 12.8. The summed E-state index contributed by atoms with van der Waals surface area (Å²) < 4.78 is 0. The van der Waals surface area contributed by atoms with Crippen LogP contribution in [0.25, 0.3) is 0 Å². The van der Waals surface area contributed by atoms with Crippen molar-refractivity contribution in [3.63, 3.8) is 0 Å². The number of hydrogen-bond donors (Lipinski definition) is 1. The molecule has 0 atom stereocenters. The summed E-state index contributed by atoms with van der Waals surface area (Å²) >= 11 is 5.98. The molecule has 19 heavy (non-hydrogen) atoms. The van der Waals surface area contributed by atoms with Gasteiger partial charge < -0.3 is 10.6 Å². The maximum atomic E-state index is 12.6. The molecule has 0 aliphatic heterocycles. The maximum absolute atomic E-state index is 12.6. The fourth-order valence-corrected chi connectivity index (χ4v) is 2.63. The Hall–Kier alpha value is -1.22. The van der Waals surface area contributed by atoms with Crippen molar-refractivity contribution in [2.75, 3.05) is 18.8 Å². The molecule has 0 bridgehead atoms. The van der Waals surface area contributed by atoms with Gasteiger partial charge in [0.25, 0.3) is 5.91 Å². The van der Waals surface area contributed by atoms with E-state index in [2.05, 4.69) is 0 Å². The fourth-order valence-electron chi connectivity index (χ4n) is 2.38. The lowest BCUT2D eigenvalue weighted by atomic mass is 10.1. The largest absolute Gasteiger partial charge is 0.399 e. The summed E-state index contributed by atoms with van der Waals surface area (Å²) in [5.74, 6) is 1.49. The molecule has 3 nitrogen and oxygen atoms in total. The third kappa shape index (κ3) is 3.41. The lowest BCUT2D eigenvalue weighted by Crippen LogP contribution is -2.34. The Morgan fingerprint density at radius 1 is 1.16 bits per heavy atom. The minimum absolute atomic E-state index is 0.0769. The second-order valence-electron chi connectivity index (χ2n) is 5.87. The van der Waals surface area contributed by atoms with Crippen molar-refractivity contribution >= 4 is 23.2 Å². The quantitative estimate of drug-likeness (QED) is 0.841. The molecule has 2 aliphatic rings. The number of nitrogens with zero attached hydrogens (tertiary/aromatic N) is 1. The van der Waals surface area contributed by atoms with Gasteiger partial charge in [0.2, 0.25) is 0 Å². The second kappa shape index (κ2) is 5.04. The van der Waals surface area contributed by atoms with E-state index < -0.39 is 0 Å². The first-order valence-corrected chi connectivity index (χ1v) is 7.35. The van der Waals surface area contributed by atoms with Gasteiger partial charge in [-0.05, 0) is 55.7 Å². The van der Waals surface area contributed by atoms with Crippen LogP contribution in [0.1, 0.15) is 36.0 Å². The topological polar surface area (TPSA) is 46.3 Å². The molecule has 4 heteroatoms. The molecule has 1 aromatic carbocycles. The highest BCUT2D eigenvalue weighted by molar-refractivity contribution is 6.31. The van der Waals surface area contributed by atoms with E-state index in [9.17, 15) is 4.79 Å². The average Bonchev–Trinajstić information content (AvgIpc) is 3.20. The van der Waals surface area contributed by atoms with E-state index in [-0.39, 0.29) is 5.91 Å². The molecule has 102 valence electrons. The van der Waals surface area contributed by atoms with E-state index in [1.54, 1.807) is 18.2 Å². The van der Waals surface area contributed by atoms with Crippen LogP contribution in [-0.2, 0) is 0 Å². The summed E-state index contributed by atoms with van der Waals surface area (Å²) in [6.45, 7) is 1.78. The van der Waals surface area contributed by atoms with Gasteiger partial charge in [-0.25, -0.2) is 0 Å². The highest BCUT2D eigenvalue weighted by Crippen LogP contribution is 2.34. The minimum Gasteiger partial charge on any atom is -0.399 e. The molecule has 1 aromatic rings. The Morgan fingerprint density at radius 2 is 1.74 bits per heavy atom. The van der Waals surface area contributed by atoms with Crippen LogP contribution in [0.2, 0.25) is 5.02 Å². The number of nitrogens with two attached hydrogens (primary N) is 1. The number of hydrogen-bond acceptors (Lipinski definition) is 2. The highest BCUT2D eigenvalue weighted by Gasteiger charge is 2.31. The van der Waals surface area contributed by atoms with Crippen LogP contribution in [0, 0.1) is 11.8 Å². The molecule has 2 N–H and O–H groups in total. The van der Waals surface area contributed by atoms with Gasteiger partial charge in [-0.15, -0.1) is 0 Å². The van der Waals surface area contributed by atoms with Crippen LogP contribution >= 0.6 is 11.6 Å². The van der Waals surface area contributed by atoms with E-state index in [4.69, 9.17) is 17.3 Å². The Bertz CT molecular complexity index is 461. The van der Waals surface area contributed by atoms with E-state index in [0.717, 1.165) is 13.1 Å². The number of anilines is 1. The highest BCUT2D eigenvalue weighted by atomic mass is 35.5. The fraction of sp³-hybridized carbons (Fsp3) is 0.533. The normalized spacial score (nSPS) is 18.4. The number of nitrogen functional groups attached to an aromatic ring is 1. The Labute approximate surface area is 118 Å². The van der Waals surface area contributed by atoms with Crippen molar-refractivity contribution in [2.24, 2.45) is 11.8 Å². The van der Waals surface area contributed by atoms with Crippen LogP contribution in [0.3, 0.4) is 0 Å². The lowest BCUT2D eigenvalue weighted by Gasteiger charge is -2.23. The van der Waals surface area contributed by atoms with Crippen LogP contribution in [-0.4, -0.2) is 23.9 Å². The predicted molar refractivity (Wildman–Crippen MR) is 77.2 cm³/mol. The number of halogens is 1. The van der Waals surface area contributed by atoms with Crippen molar-refractivity contribution in [2.45, 2.75) is 25.7 Å². The smallest absolute Gasteiger partial charge is 0.253 e. The van der Waals surface area contributed by atoms with Crippen LogP contribution in [0.15, 0.2) is 18.2 Å². The van der Waals surface area contributed by atoms with E-state index in [1.807, 2.05) is 4.90 Å². The van der Waals surface area contributed by atoms with Gasteiger partial charge in [-0.1, -0.05) is 11.6 Å². The molecule has 0 radical (unpaired) electrons. The standard InChI is InChI=1S/C15H19ClN2O/c16-13-5-12(6-14(17)7-13)15(19)18(8-10-1-2-10)9-11-3-4-11/h5-7,10-11H,1-4,8-9,17H2. The van der Waals surface area contributed by atoms with Gasteiger partial charge in [-0.2, -0.15) is 0 Å². The third-order valence-electron chi connectivity index (χ3n) is 3.81. The van der Waals surface area contributed by atoms with E-state index in [1.165, 1.54) is 25.7 Å². The molecule has 2 aliphatic carbocycles.